The summed E-state index contributed by atoms with van der Waals surface area (Å²) in [5.74, 6) is -0.00725. The first-order valence-corrected chi connectivity index (χ1v) is 6.15. The molecule has 0 aliphatic carbocycles. The van der Waals surface area contributed by atoms with E-state index >= 15 is 0 Å². The molecule has 0 atom stereocenters. The van der Waals surface area contributed by atoms with Crippen LogP contribution >= 0.6 is 0 Å². The standard InChI is InChI=1S/C13H22N2O2/c1-3-13(4-2,10-16)9-15-12(17)8-11-6-5-7-14-11/h5-7,14,16H,3-4,8-10H2,1-2H3,(H,15,17). The molecule has 4 heteroatoms. The highest BCUT2D eigenvalue weighted by molar-refractivity contribution is 5.78. The summed E-state index contributed by atoms with van der Waals surface area (Å²) in [5.41, 5.74) is 0.732. The first-order valence-electron chi connectivity index (χ1n) is 6.15. The molecule has 0 spiro atoms. The van der Waals surface area contributed by atoms with Gasteiger partial charge in [-0.1, -0.05) is 13.8 Å². The lowest BCUT2D eigenvalue weighted by Crippen LogP contribution is -2.40. The molecule has 0 fully saturated rings. The SMILES string of the molecule is CCC(CC)(CO)CNC(=O)Cc1ccc[nH]1. The Bertz CT molecular complexity index is 321. The minimum Gasteiger partial charge on any atom is -0.396 e. The lowest BCUT2D eigenvalue weighted by molar-refractivity contribution is -0.121. The summed E-state index contributed by atoms with van der Waals surface area (Å²) in [6, 6.07) is 3.76. The Hall–Kier alpha value is -1.29. The van der Waals surface area contributed by atoms with E-state index in [2.05, 4.69) is 10.3 Å². The van der Waals surface area contributed by atoms with Crippen LogP contribution in [0.25, 0.3) is 0 Å². The molecule has 0 saturated heterocycles. The number of rotatable bonds is 7. The Morgan fingerprint density at radius 3 is 2.65 bits per heavy atom. The Morgan fingerprint density at radius 1 is 1.47 bits per heavy atom. The highest BCUT2D eigenvalue weighted by Crippen LogP contribution is 2.24. The molecule has 0 aliphatic heterocycles. The second kappa shape index (κ2) is 6.45. The molecular weight excluding hydrogens is 216 g/mol. The molecule has 0 saturated carbocycles. The summed E-state index contributed by atoms with van der Waals surface area (Å²) < 4.78 is 0. The van der Waals surface area contributed by atoms with Gasteiger partial charge in [-0.05, 0) is 25.0 Å². The molecular formula is C13H22N2O2. The maximum absolute atomic E-state index is 11.7. The summed E-state index contributed by atoms with van der Waals surface area (Å²) in [5, 5.41) is 12.3. The zero-order valence-electron chi connectivity index (χ0n) is 10.6. The van der Waals surface area contributed by atoms with Crippen molar-refractivity contribution in [3.8, 4) is 0 Å². The van der Waals surface area contributed by atoms with Crippen LogP contribution in [0.1, 0.15) is 32.4 Å². The summed E-state index contributed by atoms with van der Waals surface area (Å²) in [6.07, 6.45) is 3.90. The number of aromatic amines is 1. The van der Waals surface area contributed by atoms with E-state index in [1.807, 2.05) is 26.0 Å². The molecule has 96 valence electrons. The minimum absolute atomic E-state index is 0.00725. The van der Waals surface area contributed by atoms with Crippen LogP contribution < -0.4 is 5.32 Å². The molecule has 0 aromatic carbocycles. The lowest BCUT2D eigenvalue weighted by atomic mass is 9.83. The number of carbonyl (C=O) groups is 1. The molecule has 0 bridgehead atoms. The van der Waals surface area contributed by atoms with Crippen LogP contribution in [0, 0.1) is 5.41 Å². The molecule has 1 rings (SSSR count). The van der Waals surface area contributed by atoms with E-state index in [9.17, 15) is 9.90 Å². The Balaban J connectivity index is 2.41. The number of nitrogens with one attached hydrogen (secondary N) is 2. The van der Waals surface area contributed by atoms with Gasteiger partial charge < -0.3 is 15.4 Å². The second-order valence-electron chi connectivity index (χ2n) is 4.51. The summed E-state index contributed by atoms with van der Waals surface area (Å²) >= 11 is 0. The smallest absolute Gasteiger partial charge is 0.225 e. The van der Waals surface area contributed by atoms with Gasteiger partial charge in [0.05, 0.1) is 13.0 Å². The van der Waals surface area contributed by atoms with Crippen molar-refractivity contribution >= 4 is 5.91 Å². The van der Waals surface area contributed by atoms with Crippen LogP contribution in [0.2, 0.25) is 0 Å². The highest BCUT2D eigenvalue weighted by atomic mass is 16.3. The summed E-state index contributed by atoms with van der Waals surface area (Å²) in [6.45, 7) is 4.73. The zero-order chi connectivity index (χ0) is 12.7. The van der Waals surface area contributed by atoms with Gasteiger partial charge in [-0.25, -0.2) is 0 Å². The first-order chi connectivity index (χ1) is 8.15. The average molecular weight is 238 g/mol. The Kier molecular flexibility index (Phi) is 5.22. The van der Waals surface area contributed by atoms with Crippen LogP contribution in [0.3, 0.4) is 0 Å². The molecule has 1 amide bonds. The Labute approximate surface area is 102 Å². The fraction of sp³-hybridized carbons (Fsp3) is 0.615. The third-order valence-electron chi connectivity index (χ3n) is 3.51. The minimum atomic E-state index is -0.175. The fourth-order valence-corrected chi connectivity index (χ4v) is 1.78. The molecule has 4 nitrogen and oxygen atoms in total. The van der Waals surface area contributed by atoms with Crippen molar-refractivity contribution in [1.82, 2.24) is 10.3 Å². The third kappa shape index (κ3) is 3.89. The van der Waals surface area contributed by atoms with Gasteiger partial charge in [-0.3, -0.25) is 4.79 Å². The van der Waals surface area contributed by atoms with E-state index in [-0.39, 0.29) is 17.9 Å². The molecule has 1 heterocycles. The molecule has 3 N–H and O–H groups in total. The first kappa shape index (κ1) is 13.8. The van der Waals surface area contributed by atoms with Crippen molar-refractivity contribution in [3.63, 3.8) is 0 Å². The van der Waals surface area contributed by atoms with E-state index in [4.69, 9.17) is 0 Å². The van der Waals surface area contributed by atoms with Crippen LogP contribution in [0.15, 0.2) is 18.3 Å². The van der Waals surface area contributed by atoms with Gasteiger partial charge in [0.25, 0.3) is 0 Å². The number of aliphatic hydroxyl groups is 1. The van der Waals surface area contributed by atoms with E-state index in [0.29, 0.717) is 13.0 Å². The van der Waals surface area contributed by atoms with Gasteiger partial charge in [-0.15, -0.1) is 0 Å². The molecule has 1 aromatic rings. The largest absolute Gasteiger partial charge is 0.396 e. The maximum atomic E-state index is 11.7. The number of H-pyrrole nitrogens is 1. The van der Waals surface area contributed by atoms with Crippen molar-refractivity contribution in [2.45, 2.75) is 33.1 Å². The second-order valence-corrected chi connectivity index (χ2v) is 4.51. The van der Waals surface area contributed by atoms with Crippen LogP contribution in [-0.4, -0.2) is 29.1 Å². The fourth-order valence-electron chi connectivity index (χ4n) is 1.78. The van der Waals surface area contributed by atoms with Crippen molar-refractivity contribution in [3.05, 3.63) is 24.0 Å². The van der Waals surface area contributed by atoms with Gasteiger partial charge in [-0.2, -0.15) is 0 Å². The van der Waals surface area contributed by atoms with E-state index in [1.165, 1.54) is 0 Å². The molecule has 17 heavy (non-hydrogen) atoms. The maximum Gasteiger partial charge on any atom is 0.225 e. The summed E-state index contributed by atoms with van der Waals surface area (Å²) in [4.78, 5) is 14.7. The normalized spacial score (nSPS) is 11.5. The lowest BCUT2D eigenvalue weighted by Gasteiger charge is -2.29. The van der Waals surface area contributed by atoms with Crippen molar-refractivity contribution < 1.29 is 9.90 Å². The number of carbonyl (C=O) groups excluding carboxylic acids is 1. The van der Waals surface area contributed by atoms with Gasteiger partial charge in [0.2, 0.25) is 5.91 Å². The third-order valence-corrected chi connectivity index (χ3v) is 3.51. The summed E-state index contributed by atoms with van der Waals surface area (Å²) in [7, 11) is 0. The predicted molar refractivity (Wildman–Crippen MR) is 67.6 cm³/mol. The van der Waals surface area contributed by atoms with Crippen molar-refractivity contribution in [1.29, 1.82) is 0 Å². The van der Waals surface area contributed by atoms with Crippen LogP contribution in [0.5, 0.6) is 0 Å². The Morgan fingerprint density at radius 2 is 2.18 bits per heavy atom. The molecule has 1 aromatic heterocycles. The van der Waals surface area contributed by atoms with Crippen molar-refractivity contribution in [2.75, 3.05) is 13.2 Å². The van der Waals surface area contributed by atoms with Crippen LogP contribution in [0.4, 0.5) is 0 Å². The molecule has 0 aliphatic rings. The van der Waals surface area contributed by atoms with Gasteiger partial charge in [0, 0.05) is 23.9 Å². The van der Waals surface area contributed by atoms with Crippen LogP contribution in [-0.2, 0) is 11.2 Å². The van der Waals surface area contributed by atoms with Crippen molar-refractivity contribution in [2.24, 2.45) is 5.41 Å². The number of aliphatic hydroxyl groups excluding tert-OH is 1. The van der Waals surface area contributed by atoms with Gasteiger partial charge in [0.1, 0.15) is 0 Å². The number of hydrogen-bond donors (Lipinski definition) is 3. The predicted octanol–water partition coefficient (Wildman–Crippen LogP) is 1.47. The molecule has 0 radical (unpaired) electrons. The topological polar surface area (TPSA) is 65.1 Å². The van der Waals surface area contributed by atoms with E-state index in [0.717, 1.165) is 18.5 Å². The zero-order valence-corrected chi connectivity index (χ0v) is 10.6. The number of hydrogen-bond acceptors (Lipinski definition) is 2. The quantitative estimate of drug-likeness (QED) is 0.673. The highest BCUT2D eigenvalue weighted by Gasteiger charge is 2.25. The molecule has 0 unspecified atom stereocenters. The number of amides is 1. The van der Waals surface area contributed by atoms with E-state index < -0.39 is 0 Å². The number of aromatic nitrogens is 1. The van der Waals surface area contributed by atoms with E-state index in [1.54, 1.807) is 6.20 Å². The average Bonchev–Trinajstić information content (AvgIpc) is 2.84. The monoisotopic (exact) mass is 238 g/mol. The van der Waals surface area contributed by atoms with Gasteiger partial charge >= 0.3 is 0 Å². The van der Waals surface area contributed by atoms with Gasteiger partial charge in [0.15, 0.2) is 0 Å².